The van der Waals surface area contributed by atoms with Crippen LogP contribution in [0.1, 0.15) is 10.4 Å². The molecule has 0 spiro atoms. The molecule has 2 aromatic heterocycles. The summed E-state index contributed by atoms with van der Waals surface area (Å²) in [7, 11) is 0. The standard InChI is InChI=1S/C8H4BrClN2O2/c9-6-7(10)12-3-4(8(13)14)1-5(12)2-11-6/h1-3H,(H,13,14). The lowest BCUT2D eigenvalue weighted by Gasteiger charge is -1.98. The zero-order valence-corrected chi connectivity index (χ0v) is 9.08. The Labute approximate surface area is 92.3 Å². The van der Waals surface area contributed by atoms with Crippen LogP contribution in [-0.4, -0.2) is 20.5 Å². The van der Waals surface area contributed by atoms with Crippen LogP contribution in [0, 0.1) is 0 Å². The molecule has 0 bridgehead atoms. The van der Waals surface area contributed by atoms with Gasteiger partial charge in [0.15, 0.2) is 0 Å². The topological polar surface area (TPSA) is 54.6 Å². The summed E-state index contributed by atoms with van der Waals surface area (Å²) >= 11 is 9.06. The van der Waals surface area contributed by atoms with E-state index in [1.165, 1.54) is 12.3 Å². The minimum atomic E-state index is -0.985. The van der Waals surface area contributed by atoms with Crippen molar-refractivity contribution < 1.29 is 9.90 Å². The number of fused-ring (bicyclic) bond motifs is 1. The number of halogens is 2. The van der Waals surface area contributed by atoms with Gasteiger partial charge in [0.25, 0.3) is 0 Å². The summed E-state index contributed by atoms with van der Waals surface area (Å²) in [5.41, 5.74) is 0.836. The number of carbonyl (C=O) groups is 1. The predicted octanol–water partition coefficient (Wildman–Crippen LogP) is 2.45. The Morgan fingerprint density at radius 2 is 2.36 bits per heavy atom. The molecule has 4 nitrogen and oxygen atoms in total. The summed E-state index contributed by atoms with van der Waals surface area (Å²) in [6, 6.07) is 1.51. The number of hydrogen-bond donors (Lipinski definition) is 1. The highest BCUT2D eigenvalue weighted by atomic mass is 79.9. The van der Waals surface area contributed by atoms with Crippen molar-refractivity contribution in [1.29, 1.82) is 0 Å². The van der Waals surface area contributed by atoms with E-state index in [-0.39, 0.29) is 5.56 Å². The summed E-state index contributed by atoms with van der Waals surface area (Å²) < 4.78 is 2.04. The number of hydrogen-bond acceptors (Lipinski definition) is 2. The van der Waals surface area contributed by atoms with Gasteiger partial charge in [-0.05, 0) is 22.0 Å². The van der Waals surface area contributed by atoms with E-state index in [1.54, 1.807) is 10.6 Å². The molecule has 2 heterocycles. The van der Waals surface area contributed by atoms with Crippen molar-refractivity contribution in [3.05, 3.63) is 33.8 Å². The highest BCUT2D eigenvalue weighted by Crippen LogP contribution is 2.22. The van der Waals surface area contributed by atoms with Gasteiger partial charge >= 0.3 is 5.97 Å². The number of nitrogens with zero attached hydrogens (tertiary/aromatic N) is 2. The van der Waals surface area contributed by atoms with Gasteiger partial charge < -0.3 is 9.51 Å². The number of rotatable bonds is 1. The Morgan fingerprint density at radius 3 is 3.00 bits per heavy atom. The van der Waals surface area contributed by atoms with Crippen molar-refractivity contribution >= 4 is 39.0 Å². The van der Waals surface area contributed by atoms with Crippen LogP contribution in [0.2, 0.25) is 5.15 Å². The molecular formula is C8H4BrClN2O2. The molecule has 0 fully saturated rings. The summed E-state index contributed by atoms with van der Waals surface area (Å²) in [5, 5.41) is 9.11. The van der Waals surface area contributed by atoms with Crippen molar-refractivity contribution in [2.45, 2.75) is 0 Å². The zero-order chi connectivity index (χ0) is 10.3. The maximum Gasteiger partial charge on any atom is 0.337 e. The molecule has 0 saturated carbocycles. The Bertz CT molecular complexity index is 523. The van der Waals surface area contributed by atoms with Crippen LogP contribution in [-0.2, 0) is 0 Å². The largest absolute Gasteiger partial charge is 0.478 e. The lowest BCUT2D eigenvalue weighted by Crippen LogP contribution is -1.92. The maximum absolute atomic E-state index is 10.7. The Kier molecular flexibility index (Phi) is 2.20. The maximum atomic E-state index is 10.7. The number of aromatic nitrogens is 2. The van der Waals surface area contributed by atoms with Crippen molar-refractivity contribution in [2.24, 2.45) is 0 Å². The van der Waals surface area contributed by atoms with Crippen LogP contribution < -0.4 is 0 Å². The molecule has 0 unspecified atom stereocenters. The third kappa shape index (κ3) is 1.38. The third-order valence-corrected chi connectivity index (χ3v) is 2.96. The number of aromatic carboxylic acids is 1. The molecule has 0 radical (unpaired) electrons. The van der Waals surface area contributed by atoms with E-state index in [0.29, 0.717) is 15.3 Å². The average Bonchev–Trinajstić information content (AvgIpc) is 2.56. The van der Waals surface area contributed by atoms with E-state index >= 15 is 0 Å². The van der Waals surface area contributed by atoms with Crippen LogP contribution >= 0.6 is 27.5 Å². The first-order valence-electron chi connectivity index (χ1n) is 3.65. The van der Waals surface area contributed by atoms with Gasteiger partial charge in [-0.15, -0.1) is 0 Å². The highest BCUT2D eigenvalue weighted by Gasteiger charge is 2.10. The van der Waals surface area contributed by atoms with Crippen LogP contribution in [0.5, 0.6) is 0 Å². The van der Waals surface area contributed by atoms with Crippen molar-refractivity contribution in [2.75, 3.05) is 0 Å². The lowest BCUT2D eigenvalue weighted by atomic mass is 10.3. The van der Waals surface area contributed by atoms with Crippen molar-refractivity contribution in [1.82, 2.24) is 9.38 Å². The van der Waals surface area contributed by atoms with Gasteiger partial charge in [-0.25, -0.2) is 9.78 Å². The van der Waals surface area contributed by atoms with Crippen LogP contribution in [0.15, 0.2) is 23.1 Å². The quantitative estimate of drug-likeness (QED) is 0.870. The molecule has 72 valence electrons. The lowest BCUT2D eigenvalue weighted by molar-refractivity contribution is 0.0697. The molecule has 0 aliphatic carbocycles. The molecular weight excluding hydrogens is 271 g/mol. The zero-order valence-electron chi connectivity index (χ0n) is 6.74. The fourth-order valence-corrected chi connectivity index (χ4v) is 1.63. The van der Waals surface area contributed by atoms with Gasteiger partial charge in [0.1, 0.15) is 9.76 Å². The Balaban J connectivity index is 2.77. The van der Waals surface area contributed by atoms with Crippen molar-refractivity contribution in [3.63, 3.8) is 0 Å². The van der Waals surface area contributed by atoms with Crippen molar-refractivity contribution in [3.8, 4) is 0 Å². The van der Waals surface area contributed by atoms with Gasteiger partial charge in [-0.3, -0.25) is 0 Å². The smallest absolute Gasteiger partial charge is 0.337 e. The van der Waals surface area contributed by atoms with E-state index in [1.807, 2.05) is 0 Å². The van der Waals surface area contributed by atoms with E-state index in [4.69, 9.17) is 16.7 Å². The molecule has 0 amide bonds. The molecule has 0 aliphatic heterocycles. The molecule has 14 heavy (non-hydrogen) atoms. The number of carboxylic acid groups (broad SMARTS) is 1. The van der Waals surface area contributed by atoms with E-state index in [0.717, 1.165) is 0 Å². The molecule has 0 aromatic carbocycles. The van der Waals surface area contributed by atoms with Gasteiger partial charge in [0.2, 0.25) is 0 Å². The van der Waals surface area contributed by atoms with Crippen LogP contribution in [0.4, 0.5) is 0 Å². The van der Waals surface area contributed by atoms with E-state index in [9.17, 15) is 4.79 Å². The first-order valence-corrected chi connectivity index (χ1v) is 4.82. The molecule has 0 saturated heterocycles. The van der Waals surface area contributed by atoms with Crippen LogP contribution in [0.25, 0.3) is 5.52 Å². The second kappa shape index (κ2) is 3.25. The monoisotopic (exact) mass is 274 g/mol. The van der Waals surface area contributed by atoms with Gasteiger partial charge in [-0.1, -0.05) is 11.6 Å². The van der Waals surface area contributed by atoms with Gasteiger partial charge in [-0.2, -0.15) is 0 Å². The second-order valence-corrected chi connectivity index (χ2v) is 3.78. The Morgan fingerprint density at radius 1 is 1.64 bits per heavy atom. The summed E-state index contributed by atoms with van der Waals surface area (Å²) in [4.78, 5) is 14.6. The first kappa shape index (κ1) is 9.48. The summed E-state index contributed by atoms with van der Waals surface area (Å²) in [5.74, 6) is -0.985. The molecule has 6 heteroatoms. The Hall–Kier alpha value is -1.07. The fraction of sp³-hybridized carbons (Fsp3) is 0. The van der Waals surface area contributed by atoms with Crippen LogP contribution in [0.3, 0.4) is 0 Å². The van der Waals surface area contributed by atoms with Gasteiger partial charge in [0.05, 0.1) is 17.3 Å². The molecule has 0 atom stereocenters. The second-order valence-electron chi connectivity index (χ2n) is 2.67. The molecule has 0 aliphatic rings. The normalized spacial score (nSPS) is 10.7. The molecule has 1 N–H and O–H groups in total. The first-order chi connectivity index (χ1) is 6.59. The van der Waals surface area contributed by atoms with Gasteiger partial charge in [0, 0.05) is 6.20 Å². The predicted molar refractivity (Wildman–Crippen MR) is 54.9 cm³/mol. The molecule has 2 aromatic rings. The SMILES string of the molecule is O=C(O)c1cc2cnc(Br)c(Cl)n2c1. The number of carboxylic acids is 1. The minimum absolute atomic E-state index is 0.187. The fourth-order valence-electron chi connectivity index (χ4n) is 1.14. The summed E-state index contributed by atoms with van der Waals surface area (Å²) in [6.45, 7) is 0. The average molecular weight is 275 g/mol. The summed E-state index contributed by atoms with van der Waals surface area (Å²) in [6.07, 6.45) is 2.99. The highest BCUT2D eigenvalue weighted by molar-refractivity contribution is 9.10. The van der Waals surface area contributed by atoms with E-state index in [2.05, 4.69) is 20.9 Å². The van der Waals surface area contributed by atoms with E-state index < -0.39 is 5.97 Å². The minimum Gasteiger partial charge on any atom is -0.478 e. The molecule has 2 rings (SSSR count). The third-order valence-electron chi connectivity index (χ3n) is 1.79.